The maximum absolute atomic E-state index is 3.45. The zero-order valence-corrected chi connectivity index (χ0v) is 12.3. The van der Waals surface area contributed by atoms with E-state index in [2.05, 4.69) is 72.1 Å². The van der Waals surface area contributed by atoms with E-state index in [1.54, 1.807) is 0 Å². The Morgan fingerprint density at radius 1 is 0.667 bits per heavy atom. The highest BCUT2D eigenvalue weighted by Gasteiger charge is 2.05. The SMILES string of the molecule is C(=C=C(c1ccccc1)c1ccccc1)=C1CCCCC1. The third kappa shape index (κ3) is 3.64. The lowest BCUT2D eigenvalue weighted by Crippen LogP contribution is -1.91. The van der Waals surface area contributed by atoms with E-state index in [4.69, 9.17) is 0 Å². The minimum atomic E-state index is 1.13. The van der Waals surface area contributed by atoms with Gasteiger partial charge in [-0.1, -0.05) is 78.5 Å². The van der Waals surface area contributed by atoms with Crippen LogP contribution in [0.1, 0.15) is 43.2 Å². The molecule has 1 aliphatic carbocycles. The highest BCUT2D eigenvalue weighted by Crippen LogP contribution is 2.24. The van der Waals surface area contributed by atoms with Crippen LogP contribution in [-0.4, -0.2) is 0 Å². The monoisotopic (exact) mass is 272 g/mol. The first kappa shape index (κ1) is 13.7. The van der Waals surface area contributed by atoms with Gasteiger partial charge in [-0.05, 0) is 42.4 Å². The third-order valence-corrected chi connectivity index (χ3v) is 3.95. The van der Waals surface area contributed by atoms with Crippen LogP contribution in [0.25, 0.3) is 5.57 Å². The summed E-state index contributed by atoms with van der Waals surface area (Å²) in [6, 6.07) is 21.0. The van der Waals surface area contributed by atoms with E-state index in [-0.39, 0.29) is 0 Å². The minimum absolute atomic E-state index is 1.13. The topological polar surface area (TPSA) is 0 Å². The van der Waals surface area contributed by atoms with Gasteiger partial charge in [0.15, 0.2) is 0 Å². The second kappa shape index (κ2) is 6.95. The normalized spacial score (nSPS) is 14.2. The van der Waals surface area contributed by atoms with Gasteiger partial charge in [-0.25, -0.2) is 0 Å². The predicted octanol–water partition coefficient (Wildman–Crippen LogP) is 5.76. The average Bonchev–Trinajstić information content (AvgIpc) is 2.58. The van der Waals surface area contributed by atoms with Crippen molar-refractivity contribution >= 4 is 5.57 Å². The first-order valence-corrected chi connectivity index (χ1v) is 7.78. The van der Waals surface area contributed by atoms with Crippen LogP contribution in [0.4, 0.5) is 0 Å². The fraction of sp³-hybridized carbons (Fsp3) is 0.238. The second-order valence-electron chi connectivity index (χ2n) is 5.52. The van der Waals surface area contributed by atoms with E-state index in [0.29, 0.717) is 0 Å². The first-order valence-electron chi connectivity index (χ1n) is 7.78. The molecule has 3 rings (SSSR count). The van der Waals surface area contributed by atoms with Crippen LogP contribution in [0.15, 0.2) is 77.7 Å². The maximum Gasteiger partial charge on any atom is 0.0393 e. The van der Waals surface area contributed by atoms with Crippen molar-refractivity contribution in [1.82, 2.24) is 0 Å². The van der Waals surface area contributed by atoms with Gasteiger partial charge in [0, 0.05) is 5.57 Å². The van der Waals surface area contributed by atoms with Crippen molar-refractivity contribution in [2.75, 3.05) is 0 Å². The van der Waals surface area contributed by atoms with Gasteiger partial charge in [0.2, 0.25) is 0 Å². The summed E-state index contributed by atoms with van der Waals surface area (Å²) < 4.78 is 0. The Balaban J connectivity index is 2.11. The molecule has 0 aliphatic heterocycles. The van der Waals surface area contributed by atoms with Crippen molar-refractivity contribution in [3.8, 4) is 0 Å². The summed E-state index contributed by atoms with van der Waals surface area (Å²) in [6.45, 7) is 0. The molecular weight excluding hydrogens is 252 g/mol. The Bertz CT molecular complexity index is 630. The molecular formula is C21H20. The number of allylic oxidation sites excluding steroid dienone is 1. The molecule has 0 spiro atoms. The predicted molar refractivity (Wildman–Crippen MR) is 89.0 cm³/mol. The van der Waals surface area contributed by atoms with Gasteiger partial charge in [-0.2, -0.15) is 0 Å². The maximum atomic E-state index is 3.45. The Labute approximate surface area is 127 Å². The fourth-order valence-electron chi connectivity index (χ4n) is 2.78. The van der Waals surface area contributed by atoms with Crippen LogP contribution in [-0.2, 0) is 0 Å². The molecule has 1 aliphatic rings. The van der Waals surface area contributed by atoms with E-state index in [9.17, 15) is 0 Å². The molecule has 104 valence electrons. The number of hydrogen-bond donors (Lipinski definition) is 0. The molecule has 2 aromatic carbocycles. The molecule has 1 fully saturated rings. The van der Waals surface area contributed by atoms with Crippen LogP contribution in [0.2, 0.25) is 0 Å². The summed E-state index contributed by atoms with van der Waals surface area (Å²) in [5.41, 5.74) is 11.9. The lowest BCUT2D eigenvalue weighted by atomic mass is 9.95. The Morgan fingerprint density at radius 3 is 1.71 bits per heavy atom. The molecule has 0 bridgehead atoms. The summed E-state index contributed by atoms with van der Waals surface area (Å²) in [5, 5.41) is 0. The zero-order chi connectivity index (χ0) is 14.3. The van der Waals surface area contributed by atoms with Gasteiger partial charge in [0.05, 0.1) is 0 Å². The van der Waals surface area contributed by atoms with Crippen LogP contribution in [0.5, 0.6) is 0 Å². The van der Waals surface area contributed by atoms with Crippen molar-refractivity contribution in [3.63, 3.8) is 0 Å². The first-order chi connectivity index (χ1) is 10.4. The fourth-order valence-corrected chi connectivity index (χ4v) is 2.78. The highest BCUT2D eigenvalue weighted by molar-refractivity contribution is 5.79. The molecule has 0 unspecified atom stereocenters. The lowest BCUT2D eigenvalue weighted by molar-refractivity contribution is 0.600. The zero-order valence-electron chi connectivity index (χ0n) is 12.3. The molecule has 0 atom stereocenters. The molecule has 0 aromatic heterocycles. The molecule has 0 saturated heterocycles. The van der Waals surface area contributed by atoms with Gasteiger partial charge in [-0.15, -0.1) is 0 Å². The molecule has 1 saturated carbocycles. The van der Waals surface area contributed by atoms with E-state index in [1.807, 2.05) is 0 Å². The van der Waals surface area contributed by atoms with Gasteiger partial charge in [-0.3, -0.25) is 0 Å². The molecule has 0 amide bonds. The third-order valence-electron chi connectivity index (χ3n) is 3.95. The van der Waals surface area contributed by atoms with Gasteiger partial charge in [0.25, 0.3) is 0 Å². The summed E-state index contributed by atoms with van der Waals surface area (Å²) in [7, 11) is 0. The summed E-state index contributed by atoms with van der Waals surface area (Å²) in [6.07, 6.45) is 6.33. The number of rotatable bonds is 2. The summed E-state index contributed by atoms with van der Waals surface area (Å²) >= 11 is 0. The van der Waals surface area contributed by atoms with Crippen LogP contribution >= 0.6 is 0 Å². The van der Waals surface area contributed by atoms with E-state index < -0.39 is 0 Å². The number of benzene rings is 2. The van der Waals surface area contributed by atoms with Crippen LogP contribution < -0.4 is 0 Å². The molecule has 21 heavy (non-hydrogen) atoms. The van der Waals surface area contributed by atoms with Crippen molar-refractivity contribution in [3.05, 3.63) is 88.8 Å². The minimum Gasteiger partial charge on any atom is -0.0705 e. The molecule has 0 radical (unpaired) electrons. The molecule has 0 nitrogen and oxygen atoms in total. The van der Waals surface area contributed by atoms with Crippen molar-refractivity contribution in [1.29, 1.82) is 0 Å². The van der Waals surface area contributed by atoms with E-state index >= 15 is 0 Å². The van der Waals surface area contributed by atoms with Gasteiger partial charge < -0.3 is 0 Å². The molecule has 0 N–H and O–H groups in total. The van der Waals surface area contributed by atoms with Crippen LogP contribution in [0.3, 0.4) is 0 Å². The van der Waals surface area contributed by atoms with Crippen molar-refractivity contribution in [2.45, 2.75) is 32.1 Å². The second-order valence-corrected chi connectivity index (χ2v) is 5.52. The smallest absolute Gasteiger partial charge is 0.0393 e. The standard InChI is InChI=1S/C21H20/c1-4-10-18(11-5-1)16-17-21(19-12-6-2-7-13-19)20-14-8-3-9-15-20/h2-3,6-9,12-15H,1,4-5,10-11H2. The summed E-state index contributed by atoms with van der Waals surface area (Å²) in [4.78, 5) is 0. The Kier molecular flexibility index (Phi) is 4.54. The van der Waals surface area contributed by atoms with Gasteiger partial charge in [0.1, 0.15) is 0 Å². The molecule has 0 heterocycles. The average molecular weight is 272 g/mol. The van der Waals surface area contributed by atoms with Crippen molar-refractivity contribution < 1.29 is 0 Å². The van der Waals surface area contributed by atoms with E-state index in [1.165, 1.54) is 48.8 Å². The van der Waals surface area contributed by atoms with E-state index in [0.717, 1.165) is 5.57 Å². The number of hydrogen-bond acceptors (Lipinski definition) is 0. The molecule has 2 aromatic rings. The lowest BCUT2D eigenvalue weighted by Gasteiger charge is -2.10. The van der Waals surface area contributed by atoms with Gasteiger partial charge >= 0.3 is 0 Å². The van der Waals surface area contributed by atoms with Crippen LogP contribution in [0, 0.1) is 0 Å². The largest absolute Gasteiger partial charge is 0.0705 e. The molecule has 0 heteroatoms. The summed E-state index contributed by atoms with van der Waals surface area (Å²) in [5.74, 6) is 0. The van der Waals surface area contributed by atoms with Crippen molar-refractivity contribution in [2.24, 2.45) is 0 Å². The Hall–Kier alpha value is -2.26. The quantitative estimate of drug-likeness (QED) is 0.609. The Morgan fingerprint density at radius 2 is 1.19 bits per heavy atom. The highest BCUT2D eigenvalue weighted by atomic mass is 14.1.